The number of aliphatic hydroxyl groups excluding tert-OH is 1. The number of para-hydroxylation sites is 1. The maximum atomic E-state index is 13.3. The van der Waals surface area contributed by atoms with Crippen molar-refractivity contribution in [1.82, 2.24) is 14.6 Å². The first-order valence-corrected chi connectivity index (χ1v) is 17.5. The third kappa shape index (κ3) is 7.72. The standard InChI is InChI=1S/C30H39N3O8S2/c1-39-14-5-15-42(35,36)27-8-4-7-26(17-27)40-22-25(34)19-31-24-18-30(41-21-24)10-12-33(13-11-30)43(37,38)28-16-23-6-2-3-9-29(23)32-20-28/h2-4,6-9,16-17,20,24-25,31,34H,5,10-15,18-19,21-22H2,1H3/t24-,25+/m1/s1. The van der Waals surface area contributed by atoms with Crippen LogP contribution in [-0.2, 0) is 29.3 Å². The van der Waals surface area contributed by atoms with Crippen LogP contribution in [0.15, 0.2) is 70.6 Å². The number of aliphatic hydroxyl groups is 1. The molecule has 1 spiro atoms. The SMILES string of the molecule is COCCCS(=O)(=O)c1cccc(OC[C@@H](O)CN[C@H]2COC3(CCN(S(=O)(=O)c4cnc5ccccc5c4)CC3)C2)c1. The molecule has 2 aliphatic rings. The summed E-state index contributed by atoms with van der Waals surface area (Å²) in [6.45, 7) is 1.83. The fourth-order valence-corrected chi connectivity index (χ4v) is 8.36. The summed E-state index contributed by atoms with van der Waals surface area (Å²) in [6.07, 6.45) is 2.90. The second kappa shape index (κ2) is 13.6. The van der Waals surface area contributed by atoms with E-state index in [0.717, 1.165) is 17.3 Å². The molecule has 0 amide bonds. The first-order valence-electron chi connectivity index (χ1n) is 14.5. The van der Waals surface area contributed by atoms with Gasteiger partial charge in [0.1, 0.15) is 23.4 Å². The summed E-state index contributed by atoms with van der Waals surface area (Å²) in [5, 5.41) is 14.6. The smallest absolute Gasteiger partial charge is 0.244 e. The third-order valence-electron chi connectivity index (χ3n) is 8.06. The molecular formula is C30H39N3O8S2. The molecule has 11 nitrogen and oxygen atoms in total. The van der Waals surface area contributed by atoms with Gasteiger partial charge in [-0.15, -0.1) is 0 Å². The van der Waals surface area contributed by atoms with Crippen molar-refractivity contribution in [3.63, 3.8) is 0 Å². The molecule has 13 heteroatoms. The molecule has 0 unspecified atom stereocenters. The van der Waals surface area contributed by atoms with Gasteiger partial charge < -0.3 is 24.6 Å². The summed E-state index contributed by atoms with van der Waals surface area (Å²) in [5.74, 6) is 0.355. The minimum atomic E-state index is -3.67. The van der Waals surface area contributed by atoms with Crippen LogP contribution in [0.2, 0.25) is 0 Å². The summed E-state index contributed by atoms with van der Waals surface area (Å²) < 4.78 is 70.0. The molecule has 43 heavy (non-hydrogen) atoms. The van der Waals surface area contributed by atoms with Gasteiger partial charge in [0.25, 0.3) is 0 Å². The normalized spacial score (nSPS) is 20.0. The van der Waals surface area contributed by atoms with Crippen LogP contribution in [0.25, 0.3) is 10.9 Å². The van der Waals surface area contributed by atoms with Crippen molar-refractivity contribution in [2.75, 3.05) is 52.3 Å². The number of sulfonamides is 1. The average Bonchev–Trinajstić information content (AvgIpc) is 3.41. The summed E-state index contributed by atoms with van der Waals surface area (Å²) in [4.78, 5) is 4.69. The molecule has 0 radical (unpaired) electrons. The molecule has 1 aromatic heterocycles. The fourth-order valence-electron chi connectivity index (χ4n) is 5.62. The molecule has 2 atom stereocenters. The van der Waals surface area contributed by atoms with Gasteiger partial charge >= 0.3 is 0 Å². The average molecular weight is 634 g/mol. The Bertz CT molecular complexity index is 1610. The highest BCUT2D eigenvalue weighted by Gasteiger charge is 2.44. The predicted molar refractivity (Wildman–Crippen MR) is 161 cm³/mol. The van der Waals surface area contributed by atoms with Crippen molar-refractivity contribution < 1.29 is 36.2 Å². The number of ether oxygens (including phenoxy) is 3. The van der Waals surface area contributed by atoms with E-state index in [1.54, 1.807) is 18.2 Å². The molecule has 3 aromatic rings. The number of nitrogens with zero attached hydrogens (tertiary/aromatic N) is 2. The minimum Gasteiger partial charge on any atom is -0.491 e. The summed E-state index contributed by atoms with van der Waals surface area (Å²) >= 11 is 0. The summed E-state index contributed by atoms with van der Waals surface area (Å²) in [5.41, 5.74) is 0.352. The number of rotatable bonds is 13. The summed E-state index contributed by atoms with van der Waals surface area (Å²) in [6, 6.07) is 15.4. The first-order chi connectivity index (χ1) is 20.6. The zero-order valence-electron chi connectivity index (χ0n) is 24.2. The van der Waals surface area contributed by atoms with Crippen LogP contribution in [0.5, 0.6) is 5.75 Å². The molecule has 5 rings (SSSR count). The number of fused-ring (bicyclic) bond motifs is 1. The fraction of sp³-hybridized carbons (Fsp3) is 0.500. The highest BCUT2D eigenvalue weighted by molar-refractivity contribution is 7.91. The molecular weight excluding hydrogens is 594 g/mol. The van der Waals surface area contributed by atoms with Gasteiger partial charge in [0.2, 0.25) is 10.0 Å². The molecule has 2 saturated heterocycles. The van der Waals surface area contributed by atoms with Gasteiger partial charge in [0.15, 0.2) is 9.84 Å². The van der Waals surface area contributed by atoms with Crippen LogP contribution in [0.1, 0.15) is 25.7 Å². The quantitative estimate of drug-likeness (QED) is 0.269. The van der Waals surface area contributed by atoms with E-state index in [1.807, 2.05) is 24.3 Å². The lowest BCUT2D eigenvalue weighted by atomic mass is 9.88. The van der Waals surface area contributed by atoms with Crippen molar-refractivity contribution in [2.45, 2.75) is 53.2 Å². The lowest BCUT2D eigenvalue weighted by molar-refractivity contribution is -0.0312. The van der Waals surface area contributed by atoms with Crippen molar-refractivity contribution >= 4 is 30.8 Å². The van der Waals surface area contributed by atoms with Gasteiger partial charge in [-0.05, 0) is 56.0 Å². The Balaban J connectivity index is 1.07. The topological polar surface area (TPSA) is 144 Å². The number of sulfone groups is 1. The second-order valence-electron chi connectivity index (χ2n) is 11.2. The van der Waals surface area contributed by atoms with Crippen LogP contribution < -0.4 is 10.1 Å². The number of pyridine rings is 1. The minimum absolute atomic E-state index is 0.00462. The maximum Gasteiger partial charge on any atom is 0.244 e. The van der Waals surface area contributed by atoms with E-state index >= 15 is 0 Å². The zero-order valence-corrected chi connectivity index (χ0v) is 25.9. The van der Waals surface area contributed by atoms with Crippen molar-refractivity contribution in [2.24, 2.45) is 0 Å². The van der Waals surface area contributed by atoms with Gasteiger partial charge in [-0.2, -0.15) is 4.31 Å². The Labute approximate surface area is 253 Å². The second-order valence-corrected chi connectivity index (χ2v) is 15.2. The number of piperidine rings is 1. The zero-order chi connectivity index (χ0) is 30.5. The van der Waals surface area contributed by atoms with Gasteiger partial charge in [-0.1, -0.05) is 24.3 Å². The number of methoxy groups -OCH3 is 1. The van der Waals surface area contributed by atoms with Gasteiger partial charge in [-0.3, -0.25) is 4.98 Å². The molecule has 234 valence electrons. The van der Waals surface area contributed by atoms with Crippen LogP contribution in [0.3, 0.4) is 0 Å². The lowest BCUT2D eigenvalue weighted by Gasteiger charge is -2.38. The van der Waals surface area contributed by atoms with Crippen LogP contribution >= 0.6 is 0 Å². The van der Waals surface area contributed by atoms with Gasteiger partial charge in [-0.25, -0.2) is 16.8 Å². The van der Waals surface area contributed by atoms with Crippen LogP contribution in [0, 0.1) is 0 Å². The van der Waals surface area contributed by atoms with E-state index in [-0.39, 0.29) is 34.7 Å². The number of hydrogen-bond acceptors (Lipinski definition) is 10. The van der Waals surface area contributed by atoms with Crippen molar-refractivity contribution in [3.05, 3.63) is 60.8 Å². The molecule has 0 saturated carbocycles. The molecule has 3 heterocycles. The molecule has 0 aliphatic carbocycles. The highest BCUT2D eigenvalue weighted by atomic mass is 32.2. The Hall–Kier alpha value is -2.65. The molecule has 2 aliphatic heterocycles. The predicted octanol–water partition coefficient (Wildman–Crippen LogP) is 2.39. The van der Waals surface area contributed by atoms with Gasteiger partial charge in [0, 0.05) is 51.0 Å². The lowest BCUT2D eigenvalue weighted by Crippen LogP contribution is -2.47. The summed E-state index contributed by atoms with van der Waals surface area (Å²) in [7, 11) is -5.59. The van der Waals surface area contributed by atoms with Crippen molar-refractivity contribution in [3.8, 4) is 5.75 Å². The van der Waals surface area contributed by atoms with Crippen LogP contribution in [0.4, 0.5) is 0 Å². The Morgan fingerprint density at radius 2 is 1.88 bits per heavy atom. The Kier molecular flexibility index (Phi) is 10.0. The number of benzene rings is 2. The number of hydrogen-bond donors (Lipinski definition) is 2. The van der Waals surface area contributed by atoms with E-state index in [0.29, 0.717) is 51.3 Å². The van der Waals surface area contributed by atoms with Crippen molar-refractivity contribution in [1.29, 1.82) is 0 Å². The van der Waals surface area contributed by atoms with E-state index in [9.17, 15) is 21.9 Å². The molecule has 2 aromatic carbocycles. The maximum absolute atomic E-state index is 13.3. The molecule has 2 fully saturated rings. The van der Waals surface area contributed by atoms with Gasteiger partial charge in [0.05, 0.1) is 28.4 Å². The number of nitrogens with one attached hydrogen (secondary N) is 1. The Morgan fingerprint density at radius 3 is 2.67 bits per heavy atom. The monoisotopic (exact) mass is 633 g/mol. The van der Waals surface area contributed by atoms with Crippen LogP contribution in [-0.4, -0.2) is 101 Å². The molecule has 0 bridgehead atoms. The number of aromatic nitrogens is 1. The highest BCUT2D eigenvalue weighted by Crippen LogP contribution is 2.37. The third-order valence-corrected chi connectivity index (χ3v) is 11.7. The van der Waals surface area contributed by atoms with E-state index in [1.165, 1.54) is 29.7 Å². The van der Waals surface area contributed by atoms with E-state index in [2.05, 4.69) is 10.3 Å². The van der Waals surface area contributed by atoms with E-state index < -0.39 is 31.6 Å². The largest absolute Gasteiger partial charge is 0.491 e. The first kappa shape index (κ1) is 31.8. The molecule has 2 N–H and O–H groups in total. The van der Waals surface area contributed by atoms with E-state index in [4.69, 9.17) is 14.2 Å². The Morgan fingerprint density at radius 1 is 1.09 bits per heavy atom.